The molecule has 12 heavy (non-hydrogen) atoms. The fraction of sp³-hybridized carbons (Fsp3) is 0.889. The maximum absolute atomic E-state index is 10.8. The van der Waals surface area contributed by atoms with Crippen molar-refractivity contribution in [2.45, 2.75) is 25.8 Å². The van der Waals surface area contributed by atoms with Crippen molar-refractivity contribution in [3.8, 4) is 0 Å². The summed E-state index contributed by atoms with van der Waals surface area (Å²) in [5, 5.41) is 6.39. The monoisotopic (exact) mass is 168 g/mol. The first-order valence-electron chi connectivity index (χ1n) is 4.73. The summed E-state index contributed by atoms with van der Waals surface area (Å²) >= 11 is 0. The summed E-state index contributed by atoms with van der Waals surface area (Å²) in [4.78, 5) is 10.8. The van der Waals surface area contributed by atoms with Crippen LogP contribution in [0.1, 0.15) is 19.8 Å². The zero-order valence-electron chi connectivity index (χ0n) is 7.47. The molecule has 1 saturated heterocycles. The van der Waals surface area contributed by atoms with E-state index in [0.29, 0.717) is 6.04 Å². The normalized spacial score (nSPS) is 39.6. The predicted octanol–water partition coefficient (Wildman–Crippen LogP) is 0.120. The fourth-order valence-corrected chi connectivity index (χ4v) is 2.57. The standard InChI is InChI=1S/C9H16N2O/c1-6(12)11-9-2-7-4-10-5-8(7)3-9/h7-10H,2-5H2,1H3,(H,11,12)/t7-,8?,9?/m0/s1. The van der Waals surface area contributed by atoms with Gasteiger partial charge in [0.15, 0.2) is 0 Å². The SMILES string of the molecule is CC(=O)NC1CC2CNC[C@@H]2C1. The molecular weight excluding hydrogens is 152 g/mol. The molecule has 0 aromatic heterocycles. The van der Waals surface area contributed by atoms with Crippen molar-refractivity contribution in [3.63, 3.8) is 0 Å². The lowest BCUT2D eigenvalue weighted by molar-refractivity contribution is -0.119. The molecule has 68 valence electrons. The minimum atomic E-state index is 0.118. The summed E-state index contributed by atoms with van der Waals surface area (Å²) in [5.41, 5.74) is 0. The third-order valence-electron chi connectivity index (χ3n) is 3.06. The lowest BCUT2D eigenvalue weighted by Gasteiger charge is -2.11. The van der Waals surface area contributed by atoms with Gasteiger partial charge < -0.3 is 10.6 Å². The van der Waals surface area contributed by atoms with Gasteiger partial charge in [0.2, 0.25) is 5.91 Å². The minimum Gasteiger partial charge on any atom is -0.354 e. The van der Waals surface area contributed by atoms with Crippen LogP contribution in [-0.4, -0.2) is 25.0 Å². The van der Waals surface area contributed by atoms with Crippen LogP contribution in [0.4, 0.5) is 0 Å². The Balaban J connectivity index is 1.86. The highest BCUT2D eigenvalue weighted by Crippen LogP contribution is 2.34. The number of carbonyl (C=O) groups is 1. The van der Waals surface area contributed by atoms with Crippen molar-refractivity contribution in [2.24, 2.45) is 11.8 Å². The Morgan fingerprint density at radius 2 is 1.92 bits per heavy atom. The van der Waals surface area contributed by atoms with Crippen molar-refractivity contribution >= 4 is 5.91 Å². The van der Waals surface area contributed by atoms with Gasteiger partial charge in [0.25, 0.3) is 0 Å². The smallest absolute Gasteiger partial charge is 0.217 e. The number of hydrogen-bond donors (Lipinski definition) is 2. The highest BCUT2D eigenvalue weighted by Gasteiger charge is 2.37. The summed E-state index contributed by atoms with van der Waals surface area (Å²) in [6.45, 7) is 3.91. The molecule has 2 rings (SSSR count). The van der Waals surface area contributed by atoms with Crippen molar-refractivity contribution in [1.29, 1.82) is 0 Å². The van der Waals surface area contributed by atoms with Gasteiger partial charge in [0.1, 0.15) is 0 Å². The highest BCUT2D eigenvalue weighted by atomic mass is 16.1. The molecule has 3 nitrogen and oxygen atoms in total. The number of amides is 1. The Kier molecular flexibility index (Phi) is 2.05. The van der Waals surface area contributed by atoms with Crippen molar-refractivity contribution < 1.29 is 4.79 Å². The van der Waals surface area contributed by atoms with Gasteiger partial charge in [-0.3, -0.25) is 4.79 Å². The highest BCUT2D eigenvalue weighted by molar-refractivity contribution is 5.73. The van der Waals surface area contributed by atoms with Crippen molar-refractivity contribution in [1.82, 2.24) is 10.6 Å². The van der Waals surface area contributed by atoms with Crippen LogP contribution in [-0.2, 0) is 4.79 Å². The van der Waals surface area contributed by atoms with E-state index in [1.807, 2.05) is 0 Å². The van der Waals surface area contributed by atoms with E-state index in [4.69, 9.17) is 0 Å². The number of hydrogen-bond acceptors (Lipinski definition) is 2. The summed E-state index contributed by atoms with van der Waals surface area (Å²) in [6.07, 6.45) is 2.36. The lowest BCUT2D eigenvalue weighted by Crippen LogP contribution is -2.32. The second-order valence-corrected chi connectivity index (χ2v) is 4.05. The van der Waals surface area contributed by atoms with Gasteiger partial charge in [-0.05, 0) is 37.8 Å². The van der Waals surface area contributed by atoms with Crippen LogP contribution < -0.4 is 10.6 Å². The molecular formula is C9H16N2O. The van der Waals surface area contributed by atoms with Crippen molar-refractivity contribution in [2.75, 3.05) is 13.1 Å². The molecule has 1 aliphatic heterocycles. The molecule has 0 spiro atoms. The Labute approximate surface area is 72.9 Å². The van der Waals surface area contributed by atoms with E-state index in [2.05, 4.69) is 10.6 Å². The molecule has 2 N–H and O–H groups in total. The zero-order valence-corrected chi connectivity index (χ0v) is 7.47. The number of nitrogens with one attached hydrogen (secondary N) is 2. The second-order valence-electron chi connectivity index (χ2n) is 4.05. The van der Waals surface area contributed by atoms with E-state index in [1.54, 1.807) is 6.92 Å². The molecule has 1 aliphatic carbocycles. The van der Waals surface area contributed by atoms with Gasteiger partial charge in [-0.1, -0.05) is 0 Å². The average Bonchev–Trinajstić information content (AvgIpc) is 2.43. The van der Waals surface area contributed by atoms with Crippen LogP contribution in [0.2, 0.25) is 0 Å². The molecule has 3 atom stereocenters. The fourth-order valence-electron chi connectivity index (χ4n) is 2.57. The Morgan fingerprint density at radius 3 is 2.42 bits per heavy atom. The molecule has 0 radical (unpaired) electrons. The number of fused-ring (bicyclic) bond motifs is 1. The molecule has 0 aromatic rings. The number of carbonyl (C=O) groups excluding carboxylic acids is 1. The average molecular weight is 168 g/mol. The molecule has 1 saturated carbocycles. The Hall–Kier alpha value is -0.570. The molecule has 0 aromatic carbocycles. The molecule has 2 fully saturated rings. The molecule has 1 heterocycles. The molecule has 0 bridgehead atoms. The Bertz CT molecular complexity index is 181. The van der Waals surface area contributed by atoms with E-state index in [-0.39, 0.29) is 5.91 Å². The molecule has 2 unspecified atom stereocenters. The van der Waals surface area contributed by atoms with E-state index in [0.717, 1.165) is 24.9 Å². The predicted molar refractivity (Wildman–Crippen MR) is 46.7 cm³/mol. The van der Waals surface area contributed by atoms with Gasteiger partial charge in [0.05, 0.1) is 0 Å². The first-order valence-corrected chi connectivity index (χ1v) is 4.73. The maximum atomic E-state index is 10.8. The summed E-state index contributed by atoms with van der Waals surface area (Å²) in [7, 11) is 0. The van der Waals surface area contributed by atoms with Crippen LogP contribution in [0.5, 0.6) is 0 Å². The van der Waals surface area contributed by atoms with E-state index in [1.165, 1.54) is 12.8 Å². The van der Waals surface area contributed by atoms with Gasteiger partial charge >= 0.3 is 0 Å². The first-order chi connectivity index (χ1) is 5.75. The van der Waals surface area contributed by atoms with Crippen LogP contribution >= 0.6 is 0 Å². The second kappa shape index (κ2) is 3.05. The van der Waals surface area contributed by atoms with Crippen LogP contribution in [0.15, 0.2) is 0 Å². The van der Waals surface area contributed by atoms with Gasteiger partial charge in [-0.25, -0.2) is 0 Å². The van der Waals surface area contributed by atoms with Crippen molar-refractivity contribution in [3.05, 3.63) is 0 Å². The van der Waals surface area contributed by atoms with Crippen LogP contribution in [0.25, 0.3) is 0 Å². The first kappa shape index (κ1) is 8.05. The molecule has 3 heteroatoms. The largest absolute Gasteiger partial charge is 0.354 e. The minimum absolute atomic E-state index is 0.118. The summed E-state index contributed by atoms with van der Waals surface area (Å²) in [5.74, 6) is 1.76. The van der Waals surface area contributed by atoms with E-state index in [9.17, 15) is 4.79 Å². The quantitative estimate of drug-likeness (QED) is 0.584. The van der Waals surface area contributed by atoms with Gasteiger partial charge in [-0.2, -0.15) is 0 Å². The lowest BCUT2D eigenvalue weighted by atomic mass is 10.0. The van der Waals surface area contributed by atoms with E-state index < -0.39 is 0 Å². The van der Waals surface area contributed by atoms with Crippen LogP contribution in [0, 0.1) is 11.8 Å². The third kappa shape index (κ3) is 1.46. The van der Waals surface area contributed by atoms with Gasteiger partial charge in [-0.15, -0.1) is 0 Å². The number of rotatable bonds is 1. The summed E-state index contributed by atoms with van der Waals surface area (Å²) < 4.78 is 0. The summed E-state index contributed by atoms with van der Waals surface area (Å²) in [6, 6.07) is 0.458. The molecule has 1 amide bonds. The zero-order chi connectivity index (χ0) is 8.55. The maximum Gasteiger partial charge on any atom is 0.217 e. The van der Waals surface area contributed by atoms with Crippen LogP contribution in [0.3, 0.4) is 0 Å². The topological polar surface area (TPSA) is 41.1 Å². The van der Waals surface area contributed by atoms with E-state index >= 15 is 0 Å². The molecule has 2 aliphatic rings. The third-order valence-corrected chi connectivity index (χ3v) is 3.06. The van der Waals surface area contributed by atoms with Gasteiger partial charge in [0, 0.05) is 13.0 Å². The Morgan fingerprint density at radius 1 is 1.33 bits per heavy atom.